The van der Waals surface area contributed by atoms with Crippen LogP contribution in [0.25, 0.3) is 0 Å². The van der Waals surface area contributed by atoms with Gasteiger partial charge in [-0.1, -0.05) is 22.0 Å². The second-order valence-electron chi connectivity index (χ2n) is 4.84. The minimum Gasteiger partial charge on any atom is -0.493 e. The predicted molar refractivity (Wildman–Crippen MR) is 75.8 cm³/mol. The molecule has 0 spiro atoms. The summed E-state index contributed by atoms with van der Waals surface area (Å²) >= 11 is 3.47. The number of hydrogen-bond donors (Lipinski definition) is 1. The van der Waals surface area contributed by atoms with E-state index in [0.29, 0.717) is 5.92 Å². The minimum atomic E-state index is -0.0113. The van der Waals surface area contributed by atoms with Crippen LogP contribution in [-0.4, -0.2) is 19.8 Å². The first kappa shape index (κ1) is 13.8. The molecule has 1 aromatic carbocycles. The Morgan fingerprint density at radius 1 is 1.44 bits per heavy atom. The van der Waals surface area contributed by atoms with Gasteiger partial charge in [0.25, 0.3) is 0 Å². The first-order valence-electron chi connectivity index (χ1n) is 6.42. The van der Waals surface area contributed by atoms with Crippen molar-refractivity contribution >= 4 is 15.9 Å². The van der Waals surface area contributed by atoms with E-state index in [4.69, 9.17) is 15.2 Å². The molecule has 100 valence electrons. The van der Waals surface area contributed by atoms with Crippen molar-refractivity contribution in [2.24, 2.45) is 11.7 Å². The molecular weight excluding hydrogens is 294 g/mol. The van der Waals surface area contributed by atoms with Gasteiger partial charge < -0.3 is 15.2 Å². The Bertz CT molecular complexity index is 389. The largest absolute Gasteiger partial charge is 0.493 e. The van der Waals surface area contributed by atoms with Gasteiger partial charge in [0, 0.05) is 29.3 Å². The predicted octanol–water partition coefficient (Wildman–Crippen LogP) is 3.27. The molecule has 1 aliphatic heterocycles. The zero-order valence-electron chi connectivity index (χ0n) is 10.7. The second-order valence-corrected chi connectivity index (χ2v) is 5.75. The van der Waals surface area contributed by atoms with E-state index >= 15 is 0 Å². The first-order chi connectivity index (χ1) is 8.66. The van der Waals surface area contributed by atoms with Crippen LogP contribution in [0, 0.1) is 5.92 Å². The van der Waals surface area contributed by atoms with Gasteiger partial charge in [-0.2, -0.15) is 0 Å². The van der Waals surface area contributed by atoms with Gasteiger partial charge in [-0.05, 0) is 37.8 Å². The molecule has 2 N–H and O–H groups in total. The van der Waals surface area contributed by atoms with Gasteiger partial charge in [-0.15, -0.1) is 0 Å². The standard InChI is InChI=1S/C14H20BrNO2/c1-10(16)13-3-2-12(15)8-14(13)18-9-11-4-6-17-7-5-11/h2-3,8,10-11H,4-7,9,16H2,1H3/t10-/m0/s1. The maximum atomic E-state index is 5.96. The lowest BCUT2D eigenvalue weighted by Gasteiger charge is -2.23. The summed E-state index contributed by atoms with van der Waals surface area (Å²) in [6, 6.07) is 6.01. The molecule has 3 nitrogen and oxygen atoms in total. The fraction of sp³-hybridized carbons (Fsp3) is 0.571. The fourth-order valence-corrected chi connectivity index (χ4v) is 2.47. The summed E-state index contributed by atoms with van der Waals surface area (Å²) in [7, 11) is 0. The molecule has 1 saturated heterocycles. The monoisotopic (exact) mass is 313 g/mol. The van der Waals surface area contributed by atoms with Gasteiger partial charge in [0.05, 0.1) is 6.61 Å². The van der Waals surface area contributed by atoms with Crippen molar-refractivity contribution in [2.45, 2.75) is 25.8 Å². The van der Waals surface area contributed by atoms with Gasteiger partial charge in [0.1, 0.15) is 5.75 Å². The Balaban J connectivity index is 2.00. The van der Waals surface area contributed by atoms with Gasteiger partial charge in [0.15, 0.2) is 0 Å². The van der Waals surface area contributed by atoms with E-state index in [1.54, 1.807) is 0 Å². The third-order valence-electron chi connectivity index (χ3n) is 3.28. The molecule has 18 heavy (non-hydrogen) atoms. The molecule has 0 bridgehead atoms. The summed E-state index contributed by atoms with van der Waals surface area (Å²) in [6.45, 7) is 4.43. The van der Waals surface area contributed by atoms with Crippen molar-refractivity contribution in [3.05, 3.63) is 28.2 Å². The molecule has 0 radical (unpaired) electrons. The average molecular weight is 314 g/mol. The van der Waals surface area contributed by atoms with Crippen molar-refractivity contribution in [2.75, 3.05) is 19.8 Å². The smallest absolute Gasteiger partial charge is 0.125 e. The number of nitrogens with two attached hydrogens (primary N) is 1. The van der Waals surface area contributed by atoms with E-state index in [0.717, 1.165) is 48.4 Å². The summed E-state index contributed by atoms with van der Waals surface area (Å²) in [6.07, 6.45) is 2.17. The van der Waals surface area contributed by atoms with Crippen LogP contribution < -0.4 is 10.5 Å². The Kier molecular flexibility index (Phi) is 5.03. The molecule has 1 aromatic rings. The molecule has 0 aliphatic carbocycles. The maximum Gasteiger partial charge on any atom is 0.125 e. The molecule has 4 heteroatoms. The summed E-state index contributed by atoms with van der Waals surface area (Å²) < 4.78 is 12.3. The highest BCUT2D eigenvalue weighted by Crippen LogP contribution is 2.28. The SMILES string of the molecule is C[C@H](N)c1ccc(Br)cc1OCC1CCOCC1. The quantitative estimate of drug-likeness (QED) is 0.927. The molecule has 0 amide bonds. The molecule has 0 saturated carbocycles. The van der Waals surface area contributed by atoms with Crippen LogP contribution >= 0.6 is 15.9 Å². The van der Waals surface area contributed by atoms with Crippen LogP contribution in [0.15, 0.2) is 22.7 Å². The molecule has 1 heterocycles. The van der Waals surface area contributed by atoms with Crippen LogP contribution in [0.2, 0.25) is 0 Å². The van der Waals surface area contributed by atoms with Crippen molar-refractivity contribution in [3.63, 3.8) is 0 Å². The average Bonchev–Trinajstić information content (AvgIpc) is 2.37. The van der Waals surface area contributed by atoms with E-state index in [9.17, 15) is 0 Å². The van der Waals surface area contributed by atoms with E-state index < -0.39 is 0 Å². The van der Waals surface area contributed by atoms with Gasteiger partial charge >= 0.3 is 0 Å². The summed E-state index contributed by atoms with van der Waals surface area (Å²) in [4.78, 5) is 0. The van der Waals surface area contributed by atoms with Gasteiger partial charge in [-0.3, -0.25) is 0 Å². The molecule has 1 atom stereocenters. The molecule has 2 rings (SSSR count). The number of benzene rings is 1. The molecule has 1 fully saturated rings. The highest BCUT2D eigenvalue weighted by atomic mass is 79.9. The lowest BCUT2D eigenvalue weighted by atomic mass is 10.0. The first-order valence-corrected chi connectivity index (χ1v) is 7.21. The third kappa shape index (κ3) is 3.70. The lowest BCUT2D eigenvalue weighted by Crippen LogP contribution is -2.22. The molecule has 1 aliphatic rings. The molecule has 0 unspecified atom stereocenters. The Hall–Kier alpha value is -0.580. The van der Waals surface area contributed by atoms with E-state index in [1.165, 1.54) is 0 Å². The van der Waals surface area contributed by atoms with Crippen LogP contribution in [0.3, 0.4) is 0 Å². The Morgan fingerprint density at radius 3 is 2.83 bits per heavy atom. The maximum absolute atomic E-state index is 5.96. The molecule has 0 aromatic heterocycles. The van der Waals surface area contributed by atoms with Crippen molar-refractivity contribution in [1.29, 1.82) is 0 Å². The third-order valence-corrected chi connectivity index (χ3v) is 3.77. The zero-order chi connectivity index (χ0) is 13.0. The highest BCUT2D eigenvalue weighted by molar-refractivity contribution is 9.10. The van der Waals surface area contributed by atoms with Crippen LogP contribution in [0.4, 0.5) is 0 Å². The number of halogens is 1. The molecular formula is C14H20BrNO2. The minimum absolute atomic E-state index is 0.0113. The van der Waals surface area contributed by atoms with Crippen LogP contribution in [0.1, 0.15) is 31.4 Å². The number of rotatable bonds is 4. The van der Waals surface area contributed by atoms with Crippen LogP contribution in [-0.2, 0) is 4.74 Å². The normalized spacial score (nSPS) is 18.6. The van der Waals surface area contributed by atoms with E-state index in [2.05, 4.69) is 15.9 Å². The topological polar surface area (TPSA) is 44.5 Å². The zero-order valence-corrected chi connectivity index (χ0v) is 12.3. The van der Waals surface area contributed by atoms with Crippen LogP contribution in [0.5, 0.6) is 5.75 Å². The number of hydrogen-bond acceptors (Lipinski definition) is 3. The second kappa shape index (κ2) is 6.55. The summed E-state index contributed by atoms with van der Waals surface area (Å²) in [5, 5.41) is 0. The summed E-state index contributed by atoms with van der Waals surface area (Å²) in [5.74, 6) is 1.49. The highest BCUT2D eigenvalue weighted by Gasteiger charge is 2.16. The van der Waals surface area contributed by atoms with E-state index in [1.807, 2.05) is 25.1 Å². The van der Waals surface area contributed by atoms with Crippen molar-refractivity contribution in [3.8, 4) is 5.75 Å². The Labute approximate surface area is 117 Å². The van der Waals surface area contributed by atoms with Gasteiger partial charge in [-0.25, -0.2) is 0 Å². The van der Waals surface area contributed by atoms with Gasteiger partial charge in [0.2, 0.25) is 0 Å². The lowest BCUT2D eigenvalue weighted by molar-refractivity contribution is 0.0495. The number of ether oxygens (including phenoxy) is 2. The fourth-order valence-electron chi connectivity index (χ4n) is 2.13. The summed E-state index contributed by atoms with van der Waals surface area (Å²) in [5.41, 5.74) is 7.02. The Morgan fingerprint density at radius 2 is 2.17 bits per heavy atom. The van der Waals surface area contributed by atoms with E-state index in [-0.39, 0.29) is 6.04 Å². The van der Waals surface area contributed by atoms with Crippen molar-refractivity contribution < 1.29 is 9.47 Å². The van der Waals surface area contributed by atoms with Crippen molar-refractivity contribution in [1.82, 2.24) is 0 Å².